The summed E-state index contributed by atoms with van der Waals surface area (Å²) >= 11 is 0. The van der Waals surface area contributed by atoms with Crippen LogP contribution in [0.15, 0.2) is 66.7 Å². The fourth-order valence-corrected chi connectivity index (χ4v) is 5.47. The Bertz CT molecular complexity index is 1350. The zero-order valence-electron chi connectivity index (χ0n) is 21.7. The average molecular weight is 513 g/mol. The maximum atomic E-state index is 13.2. The third-order valence-electron chi connectivity index (χ3n) is 7.49. The fourth-order valence-electron chi connectivity index (χ4n) is 5.47. The Morgan fingerprint density at radius 2 is 1.68 bits per heavy atom. The third kappa shape index (κ3) is 4.56. The van der Waals surface area contributed by atoms with Crippen LogP contribution in [-0.4, -0.2) is 65.5 Å². The molecular formula is C30H32N4O4. The number of amides is 2. The van der Waals surface area contributed by atoms with Crippen molar-refractivity contribution in [3.8, 4) is 11.5 Å². The number of rotatable bonds is 6. The summed E-state index contributed by atoms with van der Waals surface area (Å²) in [7, 11) is 0. The first-order valence-corrected chi connectivity index (χ1v) is 13.2. The molecule has 8 nitrogen and oxygen atoms in total. The van der Waals surface area contributed by atoms with Crippen LogP contribution in [0.3, 0.4) is 0 Å². The highest BCUT2D eigenvalue weighted by molar-refractivity contribution is 5.99. The highest BCUT2D eigenvalue weighted by Crippen LogP contribution is 2.36. The van der Waals surface area contributed by atoms with Gasteiger partial charge in [0.25, 0.3) is 11.8 Å². The molecule has 6 rings (SSSR count). The van der Waals surface area contributed by atoms with Crippen LogP contribution in [-0.2, 0) is 6.54 Å². The van der Waals surface area contributed by atoms with Crippen molar-refractivity contribution in [2.75, 3.05) is 38.3 Å². The number of nitrogens with zero attached hydrogens (tertiary/aromatic N) is 3. The Balaban J connectivity index is 1.07. The first-order valence-electron chi connectivity index (χ1n) is 13.2. The molecule has 0 spiro atoms. The molecule has 3 heterocycles. The second-order valence-electron chi connectivity index (χ2n) is 10.3. The van der Waals surface area contributed by atoms with E-state index in [1.165, 1.54) is 5.56 Å². The molecule has 3 aliphatic rings. The zero-order chi connectivity index (χ0) is 26.2. The van der Waals surface area contributed by atoms with Crippen LogP contribution in [0.5, 0.6) is 11.5 Å². The number of hydrogen-bond donors (Lipinski definition) is 1. The van der Waals surface area contributed by atoms with Crippen molar-refractivity contribution < 1.29 is 19.1 Å². The molecule has 3 aromatic carbocycles. The Morgan fingerprint density at radius 3 is 2.45 bits per heavy atom. The third-order valence-corrected chi connectivity index (χ3v) is 7.49. The van der Waals surface area contributed by atoms with Crippen molar-refractivity contribution in [2.45, 2.75) is 32.6 Å². The number of nitrogens with one attached hydrogen (secondary N) is 1. The smallest absolute Gasteiger partial charge is 0.256 e. The molecule has 38 heavy (non-hydrogen) atoms. The van der Waals surface area contributed by atoms with E-state index in [4.69, 9.17) is 9.47 Å². The summed E-state index contributed by atoms with van der Waals surface area (Å²) in [5.74, 6) is 1.68. The molecular weight excluding hydrogens is 480 g/mol. The lowest BCUT2D eigenvalue weighted by Gasteiger charge is -2.35. The second-order valence-corrected chi connectivity index (χ2v) is 10.3. The van der Waals surface area contributed by atoms with Gasteiger partial charge in [0.15, 0.2) is 11.5 Å². The maximum Gasteiger partial charge on any atom is 0.256 e. The van der Waals surface area contributed by atoms with Crippen molar-refractivity contribution in [3.05, 3.63) is 89.0 Å². The van der Waals surface area contributed by atoms with Gasteiger partial charge < -0.3 is 24.6 Å². The standard InChI is InChI=1S/C30H32N4O4/c1-20(2)34-28(24-5-3-4-6-25(24)30(34)36)31-23-10-8-22(9-11-23)29(35)33-15-13-32(14-16-33)18-21-7-12-26-27(17-21)38-19-37-26/h3-12,17,20,28,31H,13-16,18-19H2,1-2H3. The lowest BCUT2D eigenvalue weighted by molar-refractivity contribution is 0.0627. The van der Waals surface area contributed by atoms with E-state index in [2.05, 4.69) is 16.3 Å². The lowest BCUT2D eigenvalue weighted by Crippen LogP contribution is -2.48. The van der Waals surface area contributed by atoms with E-state index in [1.54, 1.807) is 0 Å². The van der Waals surface area contributed by atoms with Gasteiger partial charge in [-0.2, -0.15) is 0 Å². The first-order chi connectivity index (χ1) is 18.5. The van der Waals surface area contributed by atoms with Crippen molar-refractivity contribution in [1.82, 2.24) is 14.7 Å². The van der Waals surface area contributed by atoms with Gasteiger partial charge in [-0.05, 0) is 61.9 Å². The average Bonchev–Trinajstić information content (AvgIpc) is 3.51. The summed E-state index contributed by atoms with van der Waals surface area (Å²) in [6, 6.07) is 21.4. The van der Waals surface area contributed by atoms with Gasteiger partial charge in [-0.3, -0.25) is 14.5 Å². The van der Waals surface area contributed by atoms with E-state index >= 15 is 0 Å². The number of carbonyl (C=O) groups excluding carboxylic acids is 2. The predicted molar refractivity (Wildman–Crippen MR) is 144 cm³/mol. The minimum absolute atomic E-state index is 0.0394. The van der Waals surface area contributed by atoms with E-state index in [0.717, 1.165) is 47.9 Å². The molecule has 0 radical (unpaired) electrons. The highest BCUT2D eigenvalue weighted by atomic mass is 16.7. The summed E-state index contributed by atoms with van der Waals surface area (Å²) in [6.45, 7) is 8.16. The molecule has 1 unspecified atom stereocenters. The summed E-state index contributed by atoms with van der Waals surface area (Å²) in [4.78, 5) is 32.3. The van der Waals surface area contributed by atoms with Crippen molar-refractivity contribution in [3.63, 3.8) is 0 Å². The SMILES string of the molecule is CC(C)N1C(=O)c2ccccc2C1Nc1ccc(C(=O)N2CCN(Cc3ccc4c(c3)OCO4)CC2)cc1. The summed E-state index contributed by atoms with van der Waals surface area (Å²) in [5.41, 5.74) is 4.44. The van der Waals surface area contributed by atoms with E-state index < -0.39 is 0 Å². The van der Waals surface area contributed by atoms with Gasteiger partial charge in [0.1, 0.15) is 6.17 Å². The second kappa shape index (κ2) is 10.0. The molecule has 1 atom stereocenters. The Kier molecular flexibility index (Phi) is 6.41. The predicted octanol–water partition coefficient (Wildman–Crippen LogP) is 4.35. The van der Waals surface area contributed by atoms with Crippen LogP contribution in [0, 0.1) is 0 Å². The lowest BCUT2D eigenvalue weighted by atomic mass is 10.1. The van der Waals surface area contributed by atoms with E-state index in [-0.39, 0.29) is 30.8 Å². The number of piperazine rings is 1. The number of hydrogen-bond acceptors (Lipinski definition) is 6. The van der Waals surface area contributed by atoms with Crippen LogP contribution < -0.4 is 14.8 Å². The fraction of sp³-hybridized carbons (Fsp3) is 0.333. The van der Waals surface area contributed by atoms with Gasteiger partial charge >= 0.3 is 0 Å². The molecule has 1 saturated heterocycles. The molecule has 196 valence electrons. The Morgan fingerprint density at radius 1 is 0.947 bits per heavy atom. The number of fused-ring (bicyclic) bond motifs is 2. The first kappa shape index (κ1) is 24.3. The minimum atomic E-state index is -0.238. The topological polar surface area (TPSA) is 74.4 Å². The molecule has 1 fully saturated rings. The molecule has 0 aliphatic carbocycles. The van der Waals surface area contributed by atoms with Crippen molar-refractivity contribution >= 4 is 17.5 Å². The van der Waals surface area contributed by atoms with Crippen LogP contribution in [0.2, 0.25) is 0 Å². The van der Waals surface area contributed by atoms with Gasteiger partial charge in [0.05, 0.1) is 0 Å². The van der Waals surface area contributed by atoms with Crippen LogP contribution in [0.1, 0.15) is 51.9 Å². The largest absolute Gasteiger partial charge is 0.454 e. The molecule has 0 saturated carbocycles. The maximum absolute atomic E-state index is 13.2. The van der Waals surface area contributed by atoms with Gasteiger partial charge in [-0.15, -0.1) is 0 Å². The van der Waals surface area contributed by atoms with Crippen LogP contribution in [0.4, 0.5) is 5.69 Å². The van der Waals surface area contributed by atoms with Crippen LogP contribution >= 0.6 is 0 Å². The van der Waals surface area contributed by atoms with Gasteiger partial charge in [0, 0.05) is 61.1 Å². The van der Waals surface area contributed by atoms with Crippen molar-refractivity contribution in [1.29, 1.82) is 0 Å². The monoisotopic (exact) mass is 512 g/mol. The molecule has 8 heteroatoms. The summed E-state index contributed by atoms with van der Waals surface area (Å²) < 4.78 is 10.9. The zero-order valence-corrected chi connectivity index (χ0v) is 21.7. The highest BCUT2D eigenvalue weighted by Gasteiger charge is 2.38. The summed E-state index contributed by atoms with van der Waals surface area (Å²) in [5, 5.41) is 3.51. The number of carbonyl (C=O) groups is 2. The van der Waals surface area contributed by atoms with Crippen LogP contribution in [0.25, 0.3) is 0 Å². The number of anilines is 1. The van der Waals surface area contributed by atoms with E-state index in [1.807, 2.05) is 84.3 Å². The quantitative estimate of drug-likeness (QED) is 0.530. The Labute approximate surface area is 222 Å². The molecule has 3 aliphatic heterocycles. The van der Waals surface area contributed by atoms with Gasteiger partial charge in [-0.25, -0.2) is 0 Å². The minimum Gasteiger partial charge on any atom is -0.454 e. The number of ether oxygens (including phenoxy) is 2. The molecule has 2 amide bonds. The molecule has 0 aromatic heterocycles. The molecule has 0 bridgehead atoms. The van der Waals surface area contributed by atoms with Crippen molar-refractivity contribution in [2.24, 2.45) is 0 Å². The van der Waals surface area contributed by atoms with E-state index in [9.17, 15) is 9.59 Å². The normalized spacial score (nSPS) is 18.7. The Hall–Kier alpha value is -4.04. The molecule has 1 N–H and O–H groups in total. The van der Waals surface area contributed by atoms with Gasteiger partial charge in [-0.1, -0.05) is 24.3 Å². The van der Waals surface area contributed by atoms with Gasteiger partial charge in [0.2, 0.25) is 6.79 Å². The van der Waals surface area contributed by atoms with E-state index in [0.29, 0.717) is 18.7 Å². The summed E-state index contributed by atoms with van der Waals surface area (Å²) in [6.07, 6.45) is -0.238. The number of benzene rings is 3. The molecule has 3 aromatic rings.